The van der Waals surface area contributed by atoms with Crippen molar-refractivity contribution in [2.24, 2.45) is 0 Å². The quantitative estimate of drug-likeness (QED) is 0.776. The number of hydrogen-bond donors (Lipinski definition) is 0. The van der Waals surface area contributed by atoms with Gasteiger partial charge in [0.15, 0.2) is 9.84 Å². The van der Waals surface area contributed by atoms with Crippen molar-refractivity contribution in [2.75, 3.05) is 11.5 Å². The lowest BCUT2D eigenvalue weighted by atomic mass is 9.93. The maximum absolute atomic E-state index is 13.3. The smallest absolute Gasteiger partial charge is 0.244 e. The molecule has 0 bridgehead atoms. The minimum atomic E-state index is -3.08. The summed E-state index contributed by atoms with van der Waals surface area (Å²) < 4.78 is 25.6. The molecule has 1 aromatic heterocycles. The van der Waals surface area contributed by atoms with Crippen molar-refractivity contribution in [3.63, 3.8) is 0 Å². The molecule has 0 radical (unpaired) electrons. The van der Waals surface area contributed by atoms with E-state index in [2.05, 4.69) is 5.10 Å². The summed E-state index contributed by atoms with van der Waals surface area (Å²) in [6.07, 6.45) is 6.86. The highest BCUT2D eigenvalue weighted by Crippen LogP contribution is 2.28. The lowest BCUT2D eigenvalue weighted by Crippen LogP contribution is -2.50. The number of sulfone groups is 1. The van der Waals surface area contributed by atoms with Crippen LogP contribution in [-0.2, 0) is 21.2 Å². The zero-order valence-corrected chi connectivity index (χ0v) is 16.6. The summed E-state index contributed by atoms with van der Waals surface area (Å²) in [6, 6.07) is 6.93. The Hall–Kier alpha value is -2.22. The van der Waals surface area contributed by atoms with Gasteiger partial charge in [0.1, 0.15) is 6.54 Å². The summed E-state index contributed by atoms with van der Waals surface area (Å²) in [6.45, 7) is 0.00778. The molecule has 7 nitrogen and oxygen atoms in total. The van der Waals surface area contributed by atoms with Crippen molar-refractivity contribution in [3.05, 3.63) is 40.7 Å². The maximum Gasteiger partial charge on any atom is 0.244 e. The maximum atomic E-state index is 13.3. The van der Waals surface area contributed by atoms with Gasteiger partial charge in [0.05, 0.1) is 23.2 Å². The number of amides is 1. The van der Waals surface area contributed by atoms with Crippen molar-refractivity contribution in [1.82, 2.24) is 14.7 Å². The van der Waals surface area contributed by atoms with E-state index < -0.39 is 9.84 Å². The highest BCUT2D eigenvalue weighted by atomic mass is 32.2. The Morgan fingerprint density at radius 3 is 2.57 bits per heavy atom. The van der Waals surface area contributed by atoms with Gasteiger partial charge < -0.3 is 4.90 Å². The Balaban J connectivity index is 1.64. The number of nitrogens with zero attached hydrogens (tertiary/aromatic N) is 3. The van der Waals surface area contributed by atoms with Gasteiger partial charge in [-0.3, -0.25) is 14.3 Å². The lowest BCUT2D eigenvalue weighted by molar-refractivity contribution is -0.137. The second kappa shape index (κ2) is 7.66. The van der Waals surface area contributed by atoms with E-state index in [1.165, 1.54) is 6.20 Å². The molecule has 1 saturated carbocycles. The number of para-hydroxylation sites is 1. The van der Waals surface area contributed by atoms with E-state index in [9.17, 15) is 18.0 Å². The zero-order chi connectivity index (χ0) is 19.7. The van der Waals surface area contributed by atoms with E-state index in [1.807, 2.05) is 11.0 Å². The minimum Gasteiger partial charge on any atom is -0.334 e. The SMILES string of the molecule is O=C(Cn1ncc(=O)c2ccccc21)N(C1CCCCC1)C1CCS(=O)(=O)C1. The van der Waals surface area contributed by atoms with Crippen LogP contribution in [0.4, 0.5) is 0 Å². The molecular formula is C20H25N3O4S. The van der Waals surface area contributed by atoms with Crippen molar-refractivity contribution in [3.8, 4) is 0 Å². The van der Waals surface area contributed by atoms with Gasteiger partial charge >= 0.3 is 0 Å². The molecule has 0 N–H and O–H groups in total. The molecule has 2 heterocycles. The fourth-order valence-corrected chi connectivity index (χ4v) is 6.27. The average molecular weight is 404 g/mol. The molecule has 150 valence electrons. The second-order valence-electron chi connectivity index (χ2n) is 7.83. The Morgan fingerprint density at radius 1 is 1.11 bits per heavy atom. The summed E-state index contributed by atoms with van der Waals surface area (Å²) in [7, 11) is -3.08. The molecule has 2 fully saturated rings. The third kappa shape index (κ3) is 3.83. The predicted molar refractivity (Wildman–Crippen MR) is 107 cm³/mol. The highest BCUT2D eigenvalue weighted by Gasteiger charge is 2.38. The fraction of sp³-hybridized carbons (Fsp3) is 0.550. The average Bonchev–Trinajstić information content (AvgIpc) is 3.04. The summed E-state index contributed by atoms with van der Waals surface area (Å²) in [5.41, 5.74) is 0.441. The van der Waals surface area contributed by atoms with E-state index in [4.69, 9.17) is 0 Å². The van der Waals surface area contributed by atoms with Crippen LogP contribution in [0.3, 0.4) is 0 Å². The van der Waals surface area contributed by atoms with Crippen molar-refractivity contribution < 1.29 is 13.2 Å². The van der Waals surface area contributed by atoms with Gasteiger partial charge in [-0.15, -0.1) is 0 Å². The molecule has 28 heavy (non-hydrogen) atoms. The normalized spacial score (nSPS) is 22.4. The molecule has 1 aliphatic heterocycles. The topological polar surface area (TPSA) is 89.3 Å². The molecule has 1 aliphatic carbocycles. The Kier molecular flexibility index (Phi) is 5.23. The van der Waals surface area contributed by atoms with Crippen molar-refractivity contribution in [2.45, 2.75) is 57.2 Å². The third-order valence-corrected chi connectivity index (χ3v) is 7.66. The van der Waals surface area contributed by atoms with Crippen LogP contribution in [0.25, 0.3) is 10.9 Å². The number of rotatable bonds is 4. The molecule has 2 aliphatic rings. The molecular weight excluding hydrogens is 378 g/mol. The van der Waals surface area contributed by atoms with Crippen molar-refractivity contribution >= 4 is 26.6 Å². The highest BCUT2D eigenvalue weighted by molar-refractivity contribution is 7.91. The van der Waals surface area contributed by atoms with Crippen LogP contribution >= 0.6 is 0 Å². The Labute approximate surface area is 164 Å². The number of carbonyl (C=O) groups excluding carboxylic acids is 1. The lowest BCUT2D eigenvalue weighted by Gasteiger charge is -2.38. The van der Waals surface area contributed by atoms with Crippen LogP contribution in [-0.4, -0.2) is 52.6 Å². The second-order valence-corrected chi connectivity index (χ2v) is 10.1. The molecule has 1 unspecified atom stereocenters. The van der Waals surface area contributed by atoms with Crippen molar-refractivity contribution in [1.29, 1.82) is 0 Å². The van der Waals surface area contributed by atoms with Gasteiger partial charge in [0.25, 0.3) is 0 Å². The summed E-state index contributed by atoms with van der Waals surface area (Å²) >= 11 is 0. The van der Waals surface area contributed by atoms with Gasteiger partial charge in [0.2, 0.25) is 11.3 Å². The number of aromatic nitrogens is 2. The monoisotopic (exact) mass is 403 g/mol. The molecule has 1 saturated heterocycles. The van der Waals surface area contributed by atoms with Gasteiger partial charge in [-0.25, -0.2) is 8.42 Å². The largest absolute Gasteiger partial charge is 0.334 e. The standard InChI is InChI=1S/C20H25N3O4S/c24-19-12-21-22(18-9-5-4-8-17(18)19)13-20(25)23(15-6-2-1-3-7-15)16-10-11-28(26,27)14-16/h4-5,8-9,12,15-16H,1-3,6-7,10-11,13-14H2. The van der Waals surface area contributed by atoms with Crippen LogP contribution in [0, 0.1) is 0 Å². The Bertz CT molecular complexity index is 1040. The molecule has 2 aromatic rings. The van der Waals surface area contributed by atoms with Gasteiger partial charge in [-0.2, -0.15) is 5.10 Å². The van der Waals surface area contributed by atoms with Gasteiger partial charge in [0, 0.05) is 17.5 Å². The first-order valence-electron chi connectivity index (χ1n) is 9.91. The predicted octanol–water partition coefficient (Wildman–Crippen LogP) is 1.74. The van der Waals surface area contributed by atoms with Crippen LogP contribution in [0.2, 0.25) is 0 Å². The van der Waals surface area contributed by atoms with Crippen LogP contribution in [0.5, 0.6) is 0 Å². The first-order valence-corrected chi connectivity index (χ1v) is 11.7. The van der Waals surface area contributed by atoms with Crippen LogP contribution in [0.1, 0.15) is 38.5 Å². The number of benzene rings is 1. The number of carbonyl (C=O) groups is 1. The summed E-state index contributed by atoms with van der Waals surface area (Å²) in [5.74, 6) is 0.0799. The summed E-state index contributed by atoms with van der Waals surface area (Å²) in [4.78, 5) is 27.2. The first-order chi connectivity index (χ1) is 13.4. The van der Waals surface area contributed by atoms with E-state index >= 15 is 0 Å². The molecule has 4 rings (SSSR count). The zero-order valence-electron chi connectivity index (χ0n) is 15.8. The number of fused-ring (bicyclic) bond motifs is 1. The molecule has 1 atom stereocenters. The van der Waals surface area contributed by atoms with E-state index in [0.717, 1.165) is 32.1 Å². The van der Waals surface area contributed by atoms with E-state index in [1.54, 1.807) is 22.9 Å². The fourth-order valence-electron chi connectivity index (χ4n) is 4.56. The first kappa shape index (κ1) is 19.1. The Morgan fingerprint density at radius 2 is 1.86 bits per heavy atom. The molecule has 1 aromatic carbocycles. The summed E-state index contributed by atoms with van der Waals surface area (Å²) in [5, 5.41) is 4.69. The van der Waals surface area contributed by atoms with Crippen LogP contribution in [0.15, 0.2) is 35.3 Å². The van der Waals surface area contributed by atoms with E-state index in [-0.39, 0.29) is 41.5 Å². The molecule has 8 heteroatoms. The third-order valence-electron chi connectivity index (χ3n) is 5.90. The minimum absolute atomic E-state index is 0.00778. The number of hydrogen-bond acceptors (Lipinski definition) is 5. The molecule has 1 amide bonds. The van der Waals surface area contributed by atoms with Crippen LogP contribution < -0.4 is 5.43 Å². The van der Waals surface area contributed by atoms with Gasteiger partial charge in [-0.1, -0.05) is 31.4 Å². The van der Waals surface area contributed by atoms with Gasteiger partial charge in [-0.05, 0) is 31.4 Å². The molecule has 0 spiro atoms. The van der Waals surface area contributed by atoms with E-state index in [0.29, 0.717) is 17.3 Å².